The molecule has 0 radical (unpaired) electrons. The number of rotatable bonds is 7. The van der Waals surface area contributed by atoms with Crippen LogP contribution >= 0.6 is 11.6 Å². The number of methoxy groups -OCH3 is 1. The van der Waals surface area contributed by atoms with Gasteiger partial charge in [-0.1, -0.05) is 29.8 Å². The molecule has 0 unspecified atom stereocenters. The first-order valence-electron chi connectivity index (χ1n) is 8.65. The number of aryl methyl sites for hydroxylation is 1. The zero-order valence-electron chi connectivity index (χ0n) is 15.3. The molecule has 1 amide bonds. The zero-order valence-corrected chi connectivity index (χ0v) is 16.0. The Morgan fingerprint density at radius 3 is 2.48 bits per heavy atom. The molecule has 0 aliphatic heterocycles. The number of alkyl halides is 1. The smallest absolute Gasteiger partial charge is 0.336 e. The number of hydrogen-bond acceptors (Lipinski definition) is 4. The average molecular weight is 385 g/mol. The summed E-state index contributed by atoms with van der Waals surface area (Å²) in [6.07, 6.45) is 1.06. The topological polar surface area (TPSA) is 69.0 Å². The Balaban J connectivity index is 1.86. The van der Waals surface area contributed by atoms with E-state index in [1.165, 1.54) is 12.7 Å². The number of nitrogens with zero attached hydrogens (tertiary/aromatic N) is 3. The van der Waals surface area contributed by atoms with Gasteiger partial charge in [0, 0.05) is 23.6 Å². The van der Waals surface area contributed by atoms with Crippen molar-refractivity contribution in [2.45, 2.75) is 19.8 Å². The summed E-state index contributed by atoms with van der Waals surface area (Å²) in [6.45, 7) is 2.04. The molecular formula is C20H21ClN4O2. The van der Waals surface area contributed by atoms with E-state index < -0.39 is 0 Å². The fourth-order valence-corrected chi connectivity index (χ4v) is 2.72. The first kappa shape index (κ1) is 18.9. The standard InChI is InChI=1S/C20H21ClN4O2/c1-14-5-7-15(8-6-14)19-23-20(27-2)24-25(19)17-11-9-16(10-12-17)22-18(26)4-3-13-21/h5-12H,3-4,13H2,1-2H3,(H,22,26). The maximum Gasteiger partial charge on any atom is 0.336 e. The molecule has 1 N–H and O–H groups in total. The number of aromatic nitrogens is 3. The van der Waals surface area contributed by atoms with Gasteiger partial charge in [-0.15, -0.1) is 16.7 Å². The summed E-state index contributed by atoms with van der Waals surface area (Å²) >= 11 is 5.62. The van der Waals surface area contributed by atoms with Crippen LogP contribution in [0.4, 0.5) is 5.69 Å². The largest absolute Gasteiger partial charge is 0.466 e. The van der Waals surface area contributed by atoms with Crippen molar-refractivity contribution in [1.82, 2.24) is 14.8 Å². The van der Waals surface area contributed by atoms with Crippen LogP contribution in [0.5, 0.6) is 6.01 Å². The van der Waals surface area contributed by atoms with Gasteiger partial charge in [-0.2, -0.15) is 4.98 Å². The van der Waals surface area contributed by atoms with Gasteiger partial charge in [-0.05, 0) is 37.6 Å². The van der Waals surface area contributed by atoms with E-state index in [-0.39, 0.29) is 5.91 Å². The van der Waals surface area contributed by atoms with Gasteiger partial charge in [0.2, 0.25) is 5.91 Å². The highest BCUT2D eigenvalue weighted by molar-refractivity contribution is 6.18. The summed E-state index contributed by atoms with van der Waals surface area (Å²) in [5, 5.41) is 7.27. The molecule has 0 atom stereocenters. The molecule has 3 rings (SSSR count). The monoisotopic (exact) mass is 384 g/mol. The minimum Gasteiger partial charge on any atom is -0.466 e. The summed E-state index contributed by atoms with van der Waals surface area (Å²) in [7, 11) is 1.54. The van der Waals surface area contributed by atoms with Crippen LogP contribution < -0.4 is 10.1 Å². The molecule has 7 heteroatoms. The number of nitrogens with one attached hydrogen (secondary N) is 1. The van der Waals surface area contributed by atoms with Crippen LogP contribution in [0.25, 0.3) is 17.1 Å². The molecule has 0 fully saturated rings. The third kappa shape index (κ3) is 4.65. The van der Waals surface area contributed by atoms with Gasteiger partial charge in [0.05, 0.1) is 12.8 Å². The van der Waals surface area contributed by atoms with Crippen molar-refractivity contribution in [1.29, 1.82) is 0 Å². The van der Waals surface area contributed by atoms with Crippen LogP contribution in [0.1, 0.15) is 18.4 Å². The van der Waals surface area contributed by atoms with Crippen molar-refractivity contribution in [2.24, 2.45) is 0 Å². The lowest BCUT2D eigenvalue weighted by Gasteiger charge is -2.08. The summed E-state index contributed by atoms with van der Waals surface area (Å²) in [4.78, 5) is 16.3. The van der Waals surface area contributed by atoms with E-state index in [9.17, 15) is 4.79 Å². The predicted octanol–water partition coefficient (Wildman–Crippen LogP) is 4.21. The minimum atomic E-state index is -0.0498. The Morgan fingerprint density at radius 1 is 1.15 bits per heavy atom. The molecule has 27 heavy (non-hydrogen) atoms. The SMILES string of the molecule is COc1nc(-c2ccc(C)cc2)n(-c2ccc(NC(=O)CCCCl)cc2)n1. The first-order chi connectivity index (χ1) is 13.1. The van der Waals surface area contributed by atoms with Crippen molar-refractivity contribution in [3.05, 3.63) is 54.1 Å². The van der Waals surface area contributed by atoms with Crippen LogP contribution in [0.3, 0.4) is 0 Å². The number of hydrogen-bond donors (Lipinski definition) is 1. The van der Waals surface area contributed by atoms with E-state index in [2.05, 4.69) is 15.4 Å². The number of benzene rings is 2. The van der Waals surface area contributed by atoms with Gasteiger partial charge < -0.3 is 10.1 Å². The lowest BCUT2D eigenvalue weighted by molar-refractivity contribution is -0.116. The van der Waals surface area contributed by atoms with Gasteiger partial charge >= 0.3 is 6.01 Å². The number of amides is 1. The second kappa shape index (κ2) is 8.68. The molecule has 140 valence electrons. The molecule has 0 saturated heterocycles. The minimum absolute atomic E-state index is 0.0498. The van der Waals surface area contributed by atoms with Gasteiger partial charge in [-0.3, -0.25) is 4.79 Å². The number of carbonyl (C=O) groups excluding carboxylic acids is 1. The maximum atomic E-state index is 11.8. The van der Waals surface area contributed by atoms with Crippen LogP contribution in [-0.2, 0) is 4.79 Å². The molecule has 0 bridgehead atoms. The van der Waals surface area contributed by atoms with E-state index in [4.69, 9.17) is 16.3 Å². The van der Waals surface area contributed by atoms with Crippen molar-refractivity contribution in [2.75, 3.05) is 18.3 Å². The second-order valence-corrected chi connectivity index (χ2v) is 6.47. The number of halogens is 1. The fraction of sp³-hybridized carbons (Fsp3) is 0.250. The van der Waals surface area contributed by atoms with Crippen LogP contribution in [0.2, 0.25) is 0 Å². The maximum absolute atomic E-state index is 11.8. The molecule has 1 aromatic heterocycles. The predicted molar refractivity (Wildman–Crippen MR) is 107 cm³/mol. The lowest BCUT2D eigenvalue weighted by Crippen LogP contribution is -2.11. The molecule has 3 aromatic rings. The van der Waals surface area contributed by atoms with E-state index >= 15 is 0 Å². The Bertz CT molecular complexity index is 905. The zero-order chi connectivity index (χ0) is 19.2. The van der Waals surface area contributed by atoms with Crippen molar-refractivity contribution in [3.63, 3.8) is 0 Å². The molecule has 0 aliphatic rings. The van der Waals surface area contributed by atoms with Gasteiger partial charge in [-0.25, -0.2) is 4.68 Å². The molecule has 2 aromatic carbocycles. The summed E-state index contributed by atoms with van der Waals surface area (Å²) in [5.41, 5.74) is 3.66. The van der Waals surface area contributed by atoms with E-state index in [0.717, 1.165) is 16.9 Å². The normalized spacial score (nSPS) is 10.6. The quantitative estimate of drug-likeness (QED) is 0.619. The highest BCUT2D eigenvalue weighted by Crippen LogP contribution is 2.24. The van der Waals surface area contributed by atoms with Crippen molar-refractivity contribution in [3.8, 4) is 23.1 Å². The summed E-state index contributed by atoms with van der Waals surface area (Å²) < 4.78 is 6.93. The highest BCUT2D eigenvalue weighted by Gasteiger charge is 2.14. The molecule has 0 saturated carbocycles. The number of anilines is 1. The van der Waals surface area contributed by atoms with Crippen LogP contribution in [0.15, 0.2) is 48.5 Å². The molecule has 0 spiro atoms. The molecule has 0 aliphatic carbocycles. The third-order valence-electron chi connectivity index (χ3n) is 4.01. The van der Waals surface area contributed by atoms with Crippen molar-refractivity contribution < 1.29 is 9.53 Å². The number of ether oxygens (including phenoxy) is 1. The van der Waals surface area contributed by atoms with E-state index in [1.54, 1.807) is 4.68 Å². The number of carbonyl (C=O) groups is 1. The first-order valence-corrected chi connectivity index (χ1v) is 9.18. The highest BCUT2D eigenvalue weighted by atomic mass is 35.5. The Hall–Kier alpha value is -2.86. The summed E-state index contributed by atoms with van der Waals surface area (Å²) in [5.74, 6) is 1.11. The molecule has 6 nitrogen and oxygen atoms in total. The van der Waals surface area contributed by atoms with Gasteiger partial charge in [0.25, 0.3) is 0 Å². The summed E-state index contributed by atoms with van der Waals surface area (Å²) in [6, 6.07) is 15.8. The third-order valence-corrected chi connectivity index (χ3v) is 4.28. The van der Waals surface area contributed by atoms with E-state index in [1.807, 2.05) is 55.5 Å². The van der Waals surface area contributed by atoms with Gasteiger partial charge in [0.15, 0.2) is 5.82 Å². The Kier molecular flexibility index (Phi) is 6.08. The van der Waals surface area contributed by atoms with Gasteiger partial charge in [0.1, 0.15) is 0 Å². The van der Waals surface area contributed by atoms with Crippen LogP contribution in [-0.4, -0.2) is 33.7 Å². The van der Waals surface area contributed by atoms with Crippen LogP contribution in [0, 0.1) is 6.92 Å². The Labute approximate surface area is 163 Å². The lowest BCUT2D eigenvalue weighted by atomic mass is 10.1. The molecule has 1 heterocycles. The second-order valence-electron chi connectivity index (χ2n) is 6.09. The fourth-order valence-electron chi connectivity index (χ4n) is 2.59. The van der Waals surface area contributed by atoms with Crippen molar-refractivity contribution >= 4 is 23.2 Å². The molecular weight excluding hydrogens is 364 g/mol. The average Bonchev–Trinajstić information content (AvgIpc) is 3.12. The van der Waals surface area contributed by atoms with E-state index in [0.29, 0.717) is 30.6 Å². The Morgan fingerprint density at radius 2 is 1.85 bits per heavy atom.